The summed E-state index contributed by atoms with van der Waals surface area (Å²) < 4.78 is 17.4. The SMILES string of the molecule is CCCC/C=C\CCCCCCC(O)C(=O)NC(COC1OC(CO)C(O)C(O)C1OC(=O)CCCCCCCCCCCCC)C(O)/C=C/CCCCCCCCCCC. The van der Waals surface area contributed by atoms with Gasteiger partial charge in [-0.25, -0.2) is 0 Å². The molecule has 0 saturated carbocycles. The van der Waals surface area contributed by atoms with Crippen LogP contribution in [0.15, 0.2) is 24.3 Å². The van der Waals surface area contributed by atoms with Crippen molar-refractivity contribution in [3.05, 3.63) is 24.3 Å². The number of esters is 1. The van der Waals surface area contributed by atoms with Crippen molar-refractivity contribution >= 4 is 11.9 Å². The largest absolute Gasteiger partial charge is 0.454 e. The van der Waals surface area contributed by atoms with E-state index >= 15 is 0 Å². The van der Waals surface area contributed by atoms with Gasteiger partial charge in [-0.1, -0.05) is 193 Å². The van der Waals surface area contributed by atoms with Gasteiger partial charge in [-0.15, -0.1) is 0 Å². The Balaban J connectivity index is 2.81. The number of rotatable bonds is 41. The topological polar surface area (TPSA) is 175 Å². The van der Waals surface area contributed by atoms with Gasteiger partial charge in [0.2, 0.25) is 5.91 Å². The van der Waals surface area contributed by atoms with Gasteiger partial charge in [-0.05, 0) is 44.9 Å². The number of hydrogen-bond acceptors (Lipinski definition) is 10. The molecule has 0 radical (unpaired) electrons. The van der Waals surface area contributed by atoms with Gasteiger partial charge in [0, 0.05) is 6.42 Å². The second kappa shape index (κ2) is 39.7. The number of amides is 1. The molecule has 0 aliphatic carbocycles. The predicted molar refractivity (Wildman–Crippen MR) is 246 cm³/mol. The number of unbranched alkanes of at least 4 members (excludes halogenated alkanes) is 25. The number of nitrogens with one attached hydrogen (secondary N) is 1. The van der Waals surface area contributed by atoms with Crippen molar-refractivity contribution in [2.24, 2.45) is 0 Å². The van der Waals surface area contributed by atoms with Gasteiger partial charge in [0.25, 0.3) is 0 Å². The lowest BCUT2D eigenvalue weighted by Gasteiger charge is -2.41. The number of aliphatic hydroxyl groups excluding tert-OH is 5. The lowest BCUT2D eigenvalue weighted by molar-refractivity contribution is -0.305. The van der Waals surface area contributed by atoms with E-state index < -0.39 is 67.4 Å². The maximum absolute atomic E-state index is 13.2. The van der Waals surface area contributed by atoms with Crippen LogP contribution in [-0.4, -0.2) is 99.6 Å². The molecule has 1 rings (SSSR count). The normalized spacial score (nSPS) is 21.0. The molecule has 11 heteroatoms. The highest BCUT2D eigenvalue weighted by atomic mass is 16.7. The summed E-state index contributed by atoms with van der Waals surface area (Å²) in [7, 11) is 0. The van der Waals surface area contributed by atoms with Crippen molar-refractivity contribution in [1.29, 1.82) is 0 Å². The molecular formula is C50H93NO10. The minimum Gasteiger partial charge on any atom is -0.454 e. The third-order valence-corrected chi connectivity index (χ3v) is 11.9. The summed E-state index contributed by atoms with van der Waals surface area (Å²) in [6.45, 7) is 5.68. The van der Waals surface area contributed by atoms with Crippen molar-refractivity contribution in [3.63, 3.8) is 0 Å². The molecule has 1 fully saturated rings. The fraction of sp³-hybridized carbons (Fsp3) is 0.880. The average molecular weight is 868 g/mol. The summed E-state index contributed by atoms with van der Waals surface area (Å²) in [5.41, 5.74) is 0. The van der Waals surface area contributed by atoms with E-state index in [-0.39, 0.29) is 19.4 Å². The molecule has 1 saturated heterocycles. The average Bonchev–Trinajstić information content (AvgIpc) is 3.25. The van der Waals surface area contributed by atoms with E-state index in [1.807, 2.05) is 6.08 Å². The van der Waals surface area contributed by atoms with Crippen LogP contribution in [0, 0.1) is 0 Å². The summed E-state index contributed by atoms with van der Waals surface area (Å²) in [5, 5.41) is 56.4. The molecule has 8 atom stereocenters. The molecular weight excluding hydrogens is 775 g/mol. The van der Waals surface area contributed by atoms with Crippen LogP contribution >= 0.6 is 0 Å². The van der Waals surface area contributed by atoms with Crippen molar-refractivity contribution in [3.8, 4) is 0 Å². The zero-order valence-electron chi connectivity index (χ0n) is 39.0. The van der Waals surface area contributed by atoms with E-state index in [0.29, 0.717) is 12.8 Å². The predicted octanol–water partition coefficient (Wildman–Crippen LogP) is 9.83. The fourth-order valence-corrected chi connectivity index (χ4v) is 7.75. The van der Waals surface area contributed by atoms with Gasteiger partial charge in [0.1, 0.15) is 24.4 Å². The Hall–Kier alpha value is -1.86. The van der Waals surface area contributed by atoms with Gasteiger partial charge < -0.3 is 45.1 Å². The molecule has 61 heavy (non-hydrogen) atoms. The van der Waals surface area contributed by atoms with Crippen LogP contribution in [0.25, 0.3) is 0 Å². The Morgan fingerprint density at radius 2 is 1.10 bits per heavy atom. The maximum atomic E-state index is 13.2. The molecule has 11 nitrogen and oxygen atoms in total. The van der Waals surface area contributed by atoms with Crippen LogP contribution in [0.1, 0.15) is 220 Å². The van der Waals surface area contributed by atoms with E-state index in [1.54, 1.807) is 6.08 Å². The van der Waals surface area contributed by atoms with Crippen LogP contribution in [-0.2, 0) is 23.8 Å². The van der Waals surface area contributed by atoms with Crippen LogP contribution in [0.4, 0.5) is 0 Å². The Morgan fingerprint density at radius 1 is 0.623 bits per heavy atom. The molecule has 0 aromatic carbocycles. The van der Waals surface area contributed by atoms with E-state index in [1.165, 1.54) is 103 Å². The van der Waals surface area contributed by atoms with Gasteiger partial charge in [0.05, 0.1) is 25.4 Å². The summed E-state index contributed by atoms with van der Waals surface area (Å²) in [6.07, 6.45) is 31.0. The molecule has 1 aliphatic heterocycles. The van der Waals surface area contributed by atoms with Crippen molar-refractivity contribution in [2.75, 3.05) is 13.2 Å². The van der Waals surface area contributed by atoms with E-state index in [2.05, 4.69) is 38.2 Å². The molecule has 1 aliphatic rings. The van der Waals surface area contributed by atoms with E-state index in [0.717, 1.165) is 70.6 Å². The second-order valence-corrected chi connectivity index (χ2v) is 17.6. The van der Waals surface area contributed by atoms with E-state index in [4.69, 9.17) is 14.2 Å². The summed E-state index contributed by atoms with van der Waals surface area (Å²) in [6, 6.07) is -1.02. The maximum Gasteiger partial charge on any atom is 0.306 e. The molecule has 1 amide bonds. The van der Waals surface area contributed by atoms with Gasteiger partial charge in [-0.3, -0.25) is 9.59 Å². The Kier molecular flexibility index (Phi) is 37.2. The standard InChI is InChI=1S/C50H93NO10/c1-4-7-10-13-16-19-22-25-27-30-33-36-42(53)41(51-49(58)43(54)37-34-31-28-24-21-18-15-12-9-6-3)40-59-50-48(47(57)46(56)44(39-52)60-50)61-45(55)38-35-32-29-26-23-20-17-14-11-8-5-2/h15,18,33,36,41-44,46-48,50,52-54,56-57H,4-14,16-17,19-32,34-35,37-40H2,1-3H3,(H,51,58)/b18-15-,36-33+. The number of aliphatic hydroxyl groups is 5. The highest BCUT2D eigenvalue weighted by Gasteiger charge is 2.47. The van der Waals surface area contributed by atoms with Crippen LogP contribution in [0.3, 0.4) is 0 Å². The summed E-state index contributed by atoms with van der Waals surface area (Å²) in [5.74, 6) is -1.20. The van der Waals surface area contributed by atoms with Gasteiger partial charge in [0.15, 0.2) is 12.4 Å². The number of hydrogen-bond donors (Lipinski definition) is 6. The van der Waals surface area contributed by atoms with Crippen molar-refractivity contribution in [1.82, 2.24) is 5.32 Å². The minimum atomic E-state index is -1.61. The zero-order chi connectivity index (χ0) is 44.8. The molecule has 6 N–H and O–H groups in total. The zero-order valence-corrected chi connectivity index (χ0v) is 39.0. The second-order valence-electron chi connectivity index (χ2n) is 17.6. The van der Waals surface area contributed by atoms with Crippen LogP contribution in [0.2, 0.25) is 0 Å². The lowest BCUT2D eigenvalue weighted by Crippen LogP contribution is -2.61. The first-order valence-electron chi connectivity index (χ1n) is 25.1. The molecule has 0 bridgehead atoms. The molecule has 8 unspecified atom stereocenters. The first-order valence-corrected chi connectivity index (χ1v) is 25.1. The first-order chi connectivity index (χ1) is 29.7. The molecule has 0 spiro atoms. The lowest BCUT2D eigenvalue weighted by atomic mass is 9.99. The quantitative estimate of drug-likeness (QED) is 0.0197. The molecule has 1 heterocycles. The first kappa shape index (κ1) is 57.2. The number of carbonyl (C=O) groups is 2. The number of allylic oxidation sites excluding steroid dienone is 3. The monoisotopic (exact) mass is 868 g/mol. The third-order valence-electron chi connectivity index (χ3n) is 11.9. The minimum absolute atomic E-state index is 0.127. The molecule has 0 aromatic heterocycles. The van der Waals surface area contributed by atoms with Crippen molar-refractivity contribution in [2.45, 2.75) is 269 Å². The Morgan fingerprint density at radius 3 is 1.64 bits per heavy atom. The van der Waals surface area contributed by atoms with E-state index in [9.17, 15) is 35.1 Å². The van der Waals surface area contributed by atoms with Gasteiger partial charge >= 0.3 is 5.97 Å². The fourth-order valence-electron chi connectivity index (χ4n) is 7.75. The number of carbonyl (C=O) groups excluding carboxylic acids is 2. The Labute approximate surface area is 371 Å². The highest BCUT2D eigenvalue weighted by molar-refractivity contribution is 5.80. The number of ether oxygens (including phenoxy) is 3. The third kappa shape index (κ3) is 29.3. The molecule has 0 aromatic rings. The van der Waals surface area contributed by atoms with Crippen LogP contribution in [0.5, 0.6) is 0 Å². The highest BCUT2D eigenvalue weighted by Crippen LogP contribution is 2.26. The smallest absolute Gasteiger partial charge is 0.306 e. The Bertz CT molecular complexity index is 1090. The van der Waals surface area contributed by atoms with Crippen molar-refractivity contribution < 1.29 is 49.3 Å². The molecule has 358 valence electrons. The van der Waals surface area contributed by atoms with Gasteiger partial charge in [-0.2, -0.15) is 0 Å². The summed E-state index contributed by atoms with van der Waals surface area (Å²) >= 11 is 0. The van der Waals surface area contributed by atoms with Crippen LogP contribution < -0.4 is 5.32 Å². The summed E-state index contributed by atoms with van der Waals surface area (Å²) in [4.78, 5) is 26.2.